The number of nitrogens with zero attached hydrogens (tertiary/aromatic N) is 5. The molecule has 2 amide bonds. The van der Waals surface area contributed by atoms with Gasteiger partial charge in [0.05, 0.1) is 11.8 Å². The van der Waals surface area contributed by atoms with Gasteiger partial charge in [0.25, 0.3) is 11.8 Å². The van der Waals surface area contributed by atoms with Crippen LogP contribution in [-0.4, -0.2) is 83.7 Å². The molecule has 1 fully saturated rings. The van der Waals surface area contributed by atoms with E-state index in [2.05, 4.69) is 30.6 Å². The van der Waals surface area contributed by atoms with Crippen LogP contribution in [0.5, 0.6) is 0 Å². The van der Waals surface area contributed by atoms with Crippen molar-refractivity contribution in [3.05, 3.63) is 40.9 Å². The van der Waals surface area contributed by atoms with Crippen molar-refractivity contribution in [2.45, 2.75) is 16.6 Å². The molecule has 3 aromatic heterocycles. The Balaban J connectivity index is 1.28. The van der Waals surface area contributed by atoms with Gasteiger partial charge in [-0.2, -0.15) is 0 Å². The summed E-state index contributed by atoms with van der Waals surface area (Å²) in [7, 11) is 1.27. The summed E-state index contributed by atoms with van der Waals surface area (Å²) in [6, 6.07) is 0.795. The number of carbonyl (C=O) groups is 3. The summed E-state index contributed by atoms with van der Waals surface area (Å²) >= 11 is 3.72. The zero-order valence-corrected chi connectivity index (χ0v) is 21.4. The number of aromatic amines is 1. The molecular weight excluding hydrogens is 544 g/mol. The van der Waals surface area contributed by atoms with Gasteiger partial charge in [0.15, 0.2) is 16.7 Å². The molecule has 37 heavy (non-hydrogen) atoms. The first-order valence-electron chi connectivity index (χ1n) is 10.5. The second-order valence-electron chi connectivity index (χ2n) is 7.58. The number of carboxylic acid groups (broad SMARTS) is 1. The number of carboxylic acids is 1. The summed E-state index contributed by atoms with van der Waals surface area (Å²) < 4.78 is 5.04. The zero-order chi connectivity index (χ0) is 26.1. The molecule has 3 aromatic rings. The number of thiazole rings is 1. The van der Waals surface area contributed by atoms with E-state index in [0.717, 1.165) is 16.9 Å². The number of nitrogens with one attached hydrogen (secondary N) is 2. The number of thioether (sulfide) groups is 2. The molecule has 5 rings (SSSR count). The Labute approximate surface area is 220 Å². The second kappa shape index (κ2) is 10.3. The van der Waals surface area contributed by atoms with Crippen molar-refractivity contribution in [2.24, 2.45) is 5.16 Å². The van der Waals surface area contributed by atoms with Gasteiger partial charge in [0, 0.05) is 16.9 Å². The number of rotatable bonds is 9. The highest BCUT2D eigenvalue weighted by molar-refractivity contribution is 8.01. The Morgan fingerprint density at radius 1 is 1.46 bits per heavy atom. The number of carbonyl (C=O) groups excluding carboxylic acids is 2. The van der Waals surface area contributed by atoms with Crippen molar-refractivity contribution in [2.75, 3.05) is 24.3 Å². The fourth-order valence-corrected chi connectivity index (χ4v) is 6.52. The van der Waals surface area contributed by atoms with Gasteiger partial charge in [-0.25, -0.2) is 14.8 Å². The van der Waals surface area contributed by atoms with Crippen LogP contribution in [0.2, 0.25) is 0 Å². The number of aromatic nitrogens is 4. The molecule has 0 aromatic carbocycles. The van der Waals surface area contributed by atoms with Crippen molar-refractivity contribution in [3.63, 3.8) is 0 Å². The Morgan fingerprint density at radius 2 is 2.30 bits per heavy atom. The highest BCUT2D eigenvalue weighted by atomic mass is 32.2. The van der Waals surface area contributed by atoms with Gasteiger partial charge >= 0.3 is 5.97 Å². The number of oxime groups is 1. The zero-order valence-electron chi connectivity index (χ0n) is 18.9. The number of nitrogen functional groups attached to an aromatic ring is 1. The third-order valence-corrected chi connectivity index (χ3v) is 8.28. The maximum Gasteiger partial charge on any atom is 0.352 e. The van der Waals surface area contributed by atoms with Gasteiger partial charge in [0.1, 0.15) is 36.2 Å². The Hall–Kier alpha value is -3.83. The predicted octanol–water partition coefficient (Wildman–Crippen LogP) is 0.985. The molecular formula is C20H18N8O6S3. The van der Waals surface area contributed by atoms with Gasteiger partial charge in [-0.05, 0) is 11.6 Å². The average Bonchev–Trinajstić information content (AvgIpc) is 3.65. The number of hydrogen-bond donors (Lipinski definition) is 4. The Kier molecular flexibility index (Phi) is 6.90. The molecule has 0 saturated carbocycles. The SMILES string of the molecule is CO/N=C(\C(=O)N[C@@H]1C(=O)N2C(C(=O)O)=C(CSc3n[nH]c(-c4ccoc4)n3)CS[C@H]12)c1csc(N)n1. The third-order valence-electron chi connectivity index (χ3n) is 5.33. The van der Waals surface area contributed by atoms with Crippen molar-refractivity contribution in [3.8, 4) is 11.4 Å². The Morgan fingerprint density at radius 3 is 2.97 bits per heavy atom. The van der Waals surface area contributed by atoms with E-state index in [1.165, 1.54) is 48.1 Å². The van der Waals surface area contributed by atoms with Gasteiger partial charge in [-0.3, -0.25) is 19.6 Å². The lowest BCUT2D eigenvalue weighted by Gasteiger charge is -2.49. The minimum atomic E-state index is -1.23. The molecule has 2 atom stereocenters. The smallest absolute Gasteiger partial charge is 0.352 e. The topological polar surface area (TPSA) is 202 Å². The highest BCUT2D eigenvalue weighted by Gasteiger charge is 2.54. The molecule has 5 heterocycles. The van der Waals surface area contributed by atoms with E-state index in [4.69, 9.17) is 15.0 Å². The van der Waals surface area contributed by atoms with Crippen LogP contribution in [-0.2, 0) is 19.2 Å². The maximum absolute atomic E-state index is 13.0. The molecule has 0 aliphatic carbocycles. The van der Waals surface area contributed by atoms with Crippen LogP contribution in [0.1, 0.15) is 5.69 Å². The van der Waals surface area contributed by atoms with Crippen molar-refractivity contribution < 1.29 is 28.7 Å². The second-order valence-corrected chi connectivity index (χ2v) is 10.5. The van der Waals surface area contributed by atoms with Crippen LogP contribution in [0.3, 0.4) is 0 Å². The van der Waals surface area contributed by atoms with Crippen molar-refractivity contribution in [1.29, 1.82) is 0 Å². The molecule has 0 unspecified atom stereocenters. The summed E-state index contributed by atoms with van der Waals surface area (Å²) in [5.41, 5.74) is 6.88. The molecule has 192 valence electrons. The van der Waals surface area contributed by atoms with Gasteiger partial charge < -0.3 is 25.4 Å². The minimum absolute atomic E-state index is 0.101. The van der Waals surface area contributed by atoms with Crippen molar-refractivity contribution in [1.82, 2.24) is 30.4 Å². The first-order valence-corrected chi connectivity index (χ1v) is 13.4. The number of hydrogen-bond acceptors (Lipinski definition) is 13. The minimum Gasteiger partial charge on any atom is -0.477 e. The van der Waals surface area contributed by atoms with Crippen LogP contribution in [0.4, 0.5) is 5.13 Å². The van der Waals surface area contributed by atoms with E-state index in [9.17, 15) is 19.5 Å². The van der Waals surface area contributed by atoms with Crippen LogP contribution >= 0.6 is 34.9 Å². The summed E-state index contributed by atoms with van der Waals surface area (Å²) in [4.78, 5) is 52.3. The number of aliphatic carboxylic acids is 1. The van der Waals surface area contributed by atoms with Crippen LogP contribution in [0, 0.1) is 0 Å². The normalized spacial score (nSPS) is 19.4. The first kappa shape index (κ1) is 24.8. The average molecular weight is 563 g/mol. The number of fused-ring (bicyclic) bond motifs is 1. The van der Waals surface area contributed by atoms with E-state index in [-0.39, 0.29) is 28.0 Å². The quantitative estimate of drug-likeness (QED) is 0.125. The number of anilines is 1. The lowest BCUT2D eigenvalue weighted by atomic mass is 10.0. The fraction of sp³-hybridized carbons (Fsp3) is 0.250. The van der Waals surface area contributed by atoms with Gasteiger partial charge in [-0.1, -0.05) is 16.9 Å². The molecule has 14 nitrogen and oxygen atoms in total. The van der Waals surface area contributed by atoms with Crippen LogP contribution in [0.15, 0.2) is 50.0 Å². The Bertz CT molecular complexity index is 1410. The lowest BCUT2D eigenvalue weighted by molar-refractivity contribution is -0.150. The van der Waals surface area contributed by atoms with E-state index in [0.29, 0.717) is 22.3 Å². The molecule has 2 aliphatic heterocycles. The third kappa shape index (κ3) is 4.79. The van der Waals surface area contributed by atoms with E-state index < -0.39 is 29.2 Å². The summed E-state index contributed by atoms with van der Waals surface area (Å²) in [6.07, 6.45) is 3.04. The molecule has 0 spiro atoms. The molecule has 17 heteroatoms. The van der Waals surface area contributed by atoms with Crippen LogP contribution < -0.4 is 11.1 Å². The standard InChI is InChI=1S/C20H18N8O6S3/c1-33-27-11(10-7-36-19(21)22-10)15(29)23-12-16(30)28-13(18(31)32)9(5-35-17(12)28)6-37-20-24-14(25-26-20)8-2-3-34-4-8/h2-4,7,12,17H,5-6H2,1H3,(H2,21,22)(H,23,29)(H,31,32)(H,24,25,26)/b27-11-/t12-,17-/m1/s1. The number of nitrogens with two attached hydrogens (primary N) is 1. The highest BCUT2D eigenvalue weighted by Crippen LogP contribution is 2.41. The summed E-state index contributed by atoms with van der Waals surface area (Å²) in [5.74, 6) is -1.33. The molecule has 0 radical (unpaired) electrons. The molecule has 1 saturated heterocycles. The number of amides is 2. The van der Waals surface area contributed by atoms with Crippen LogP contribution in [0.25, 0.3) is 11.4 Å². The monoisotopic (exact) mass is 562 g/mol. The van der Waals surface area contributed by atoms with E-state index >= 15 is 0 Å². The van der Waals surface area contributed by atoms with Crippen molar-refractivity contribution >= 4 is 63.5 Å². The predicted molar refractivity (Wildman–Crippen MR) is 135 cm³/mol. The molecule has 2 aliphatic rings. The van der Waals surface area contributed by atoms with E-state index in [1.807, 2.05) is 0 Å². The summed E-state index contributed by atoms with van der Waals surface area (Å²) in [5, 5.41) is 24.8. The largest absolute Gasteiger partial charge is 0.477 e. The fourth-order valence-electron chi connectivity index (χ4n) is 3.69. The van der Waals surface area contributed by atoms with E-state index in [1.54, 1.807) is 11.4 Å². The first-order chi connectivity index (χ1) is 17.9. The number of H-pyrrole nitrogens is 1. The number of furan rings is 1. The lowest BCUT2D eigenvalue weighted by Crippen LogP contribution is -2.71. The summed E-state index contributed by atoms with van der Waals surface area (Å²) in [6.45, 7) is 0. The maximum atomic E-state index is 13.0. The van der Waals surface area contributed by atoms with Gasteiger partial charge in [0.2, 0.25) is 5.16 Å². The van der Waals surface area contributed by atoms with Gasteiger partial charge in [-0.15, -0.1) is 28.2 Å². The number of β-lactam (4-membered cyclic amide) rings is 1. The molecule has 0 bridgehead atoms. The molecule has 5 N–H and O–H groups in total.